The number of halogens is 2. The molecule has 0 fully saturated rings. The zero-order valence-corrected chi connectivity index (χ0v) is 23.7. The van der Waals surface area contributed by atoms with Crippen molar-refractivity contribution in [3.63, 3.8) is 0 Å². The summed E-state index contributed by atoms with van der Waals surface area (Å²) in [6.45, 7) is 1.24. The molecule has 0 radical (unpaired) electrons. The Morgan fingerprint density at radius 2 is 1.94 bits per heavy atom. The van der Waals surface area contributed by atoms with Gasteiger partial charge in [0.1, 0.15) is 5.75 Å². The molecular weight excluding hydrogens is 698 g/mol. The van der Waals surface area contributed by atoms with Crippen LogP contribution in [0.5, 0.6) is 17.2 Å². The highest BCUT2D eigenvalue weighted by atomic mass is 127. The van der Waals surface area contributed by atoms with Crippen molar-refractivity contribution in [3.8, 4) is 17.2 Å². The van der Waals surface area contributed by atoms with E-state index >= 15 is 0 Å². The minimum Gasteiger partial charge on any atom is -0.506 e. The first-order valence-electron chi connectivity index (χ1n) is 10.3. The number of phenolic OH excluding ortho intramolecular Hbond substituents is 1. The van der Waals surface area contributed by atoms with Gasteiger partial charge in [0.2, 0.25) is 0 Å². The lowest BCUT2D eigenvalue weighted by atomic mass is 9.95. The highest BCUT2D eigenvalue weighted by Gasteiger charge is 2.32. The number of hydrogen-bond donors (Lipinski definition) is 4. The number of hydrazone groups is 1. The van der Waals surface area contributed by atoms with Crippen LogP contribution in [-0.4, -0.2) is 50.1 Å². The molecule has 2 aromatic rings. The van der Waals surface area contributed by atoms with E-state index in [0.29, 0.717) is 20.4 Å². The Labute approximate surface area is 233 Å². The molecule has 190 valence electrons. The number of aromatic hydroxyl groups is 1. The zero-order valence-electron chi connectivity index (χ0n) is 19.3. The second-order valence-corrected chi connectivity index (χ2v) is 9.79. The monoisotopic (exact) mass is 720 g/mol. The molecule has 0 bridgehead atoms. The van der Waals surface area contributed by atoms with E-state index in [-0.39, 0.29) is 29.4 Å². The summed E-state index contributed by atoms with van der Waals surface area (Å²) in [4.78, 5) is 36.5. The van der Waals surface area contributed by atoms with E-state index in [4.69, 9.17) is 14.2 Å². The molecule has 1 atom stereocenters. The predicted octanol–water partition coefficient (Wildman–Crippen LogP) is 2.94. The molecule has 0 saturated heterocycles. The summed E-state index contributed by atoms with van der Waals surface area (Å²) in [5, 5.41) is 19.2. The van der Waals surface area contributed by atoms with Crippen molar-refractivity contribution >= 4 is 69.3 Å². The maximum atomic E-state index is 12.3. The van der Waals surface area contributed by atoms with Crippen LogP contribution in [-0.2, 0) is 14.3 Å². The number of rotatable bonds is 8. The largest absolute Gasteiger partial charge is 0.506 e. The number of benzene rings is 2. The van der Waals surface area contributed by atoms with E-state index in [9.17, 15) is 19.5 Å². The molecule has 0 aromatic heterocycles. The SMILES string of the molecule is COC(=O)C1=C(C)NC(=O)N[C@H]1c1ccc(OCC(=O)N/N=C\c2cc(I)cc(I)c2O)c(OC)c1. The third-order valence-corrected chi connectivity index (χ3v) is 6.45. The van der Waals surface area contributed by atoms with Crippen LogP contribution in [0.1, 0.15) is 24.1 Å². The lowest BCUT2D eigenvalue weighted by Crippen LogP contribution is -2.45. The van der Waals surface area contributed by atoms with Gasteiger partial charge in [0.25, 0.3) is 5.91 Å². The average molecular weight is 720 g/mol. The van der Waals surface area contributed by atoms with Crippen molar-refractivity contribution in [2.24, 2.45) is 5.10 Å². The molecule has 3 amide bonds. The van der Waals surface area contributed by atoms with Gasteiger partial charge in [-0.3, -0.25) is 4.79 Å². The van der Waals surface area contributed by atoms with Crippen molar-refractivity contribution in [1.29, 1.82) is 0 Å². The number of carbonyl (C=O) groups excluding carboxylic acids is 3. The molecular formula is C23H22I2N4O7. The van der Waals surface area contributed by atoms with Crippen LogP contribution < -0.4 is 25.5 Å². The molecule has 1 aliphatic rings. The number of esters is 1. The summed E-state index contributed by atoms with van der Waals surface area (Å²) in [5.41, 5.74) is 3.98. The van der Waals surface area contributed by atoms with Crippen LogP contribution in [0.4, 0.5) is 4.79 Å². The molecule has 2 aromatic carbocycles. The Morgan fingerprint density at radius 3 is 2.64 bits per heavy atom. The molecule has 4 N–H and O–H groups in total. The van der Waals surface area contributed by atoms with Crippen molar-refractivity contribution in [2.75, 3.05) is 20.8 Å². The van der Waals surface area contributed by atoms with Gasteiger partial charge in [-0.25, -0.2) is 15.0 Å². The average Bonchev–Trinajstić information content (AvgIpc) is 2.84. The predicted molar refractivity (Wildman–Crippen MR) is 147 cm³/mol. The van der Waals surface area contributed by atoms with E-state index in [1.807, 2.05) is 28.7 Å². The van der Waals surface area contributed by atoms with Gasteiger partial charge in [0.15, 0.2) is 18.1 Å². The topological polar surface area (TPSA) is 148 Å². The van der Waals surface area contributed by atoms with Gasteiger partial charge in [-0.15, -0.1) is 0 Å². The number of phenols is 1. The number of urea groups is 1. The summed E-state index contributed by atoms with van der Waals surface area (Å²) >= 11 is 4.12. The molecule has 1 heterocycles. The first-order chi connectivity index (χ1) is 17.1. The minimum atomic E-state index is -0.771. The van der Waals surface area contributed by atoms with E-state index in [2.05, 4.69) is 43.8 Å². The molecule has 13 heteroatoms. The third-order valence-electron chi connectivity index (χ3n) is 5.00. The van der Waals surface area contributed by atoms with Crippen LogP contribution in [0.3, 0.4) is 0 Å². The van der Waals surface area contributed by atoms with E-state index in [0.717, 1.165) is 3.57 Å². The number of nitrogens with one attached hydrogen (secondary N) is 3. The van der Waals surface area contributed by atoms with Gasteiger partial charge in [0, 0.05) is 14.8 Å². The van der Waals surface area contributed by atoms with Crippen LogP contribution in [0.25, 0.3) is 0 Å². The van der Waals surface area contributed by atoms with E-state index < -0.39 is 23.9 Å². The molecule has 0 saturated carbocycles. The van der Waals surface area contributed by atoms with Crippen molar-refractivity contribution in [1.82, 2.24) is 16.1 Å². The quantitative estimate of drug-likeness (QED) is 0.142. The van der Waals surface area contributed by atoms with Gasteiger partial charge < -0.3 is 30.0 Å². The highest BCUT2D eigenvalue weighted by Crippen LogP contribution is 2.34. The van der Waals surface area contributed by atoms with E-state index in [1.54, 1.807) is 31.2 Å². The highest BCUT2D eigenvalue weighted by molar-refractivity contribution is 14.1. The number of methoxy groups -OCH3 is 2. The molecule has 11 nitrogen and oxygen atoms in total. The van der Waals surface area contributed by atoms with Crippen LogP contribution >= 0.6 is 45.2 Å². The lowest BCUT2D eigenvalue weighted by Gasteiger charge is -2.28. The van der Waals surface area contributed by atoms with Gasteiger partial charge in [0.05, 0.1) is 35.6 Å². The number of allylic oxidation sites excluding steroid dienone is 1. The second-order valence-electron chi connectivity index (χ2n) is 7.38. The number of nitrogens with zero attached hydrogens (tertiary/aromatic N) is 1. The Morgan fingerprint density at radius 1 is 1.19 bits per heavy atom. The fraction of sp³-hybridized carbons (Fsp3) is 0.217. The summed E-state index contributed by atoms with van der Waals surface area (Å²) in [7, 11) is 2.68. The molecule has 3 rings (SSSR count). The second kappa shape index (κ2) is 12.2. The Hall–Kier alpha value is -3.08. The summed E-state index contributed by atoms with van der Waals surface area (Å²) in [6.07, 6.45) is 1.34. The third kappa shape index (κ3) is 6.57. The zero-order chi connectivity index (χ0) is 26.4. The van der Waals surface area contributed by atoms with Crippen molar-refractivity contribution in [3.05, 3.63) is 59.9 Å². The van der Waals surface area contributed by atoms with Crippen LogP contribution in [0.2, 0.25) is 0 Å². The minimum absolute atomic E-state index is 0.0698. The normalized spacial score (nSPS) is 15.2. The van der Waals surface area contributed by atoms with Crippen molar-refractivity contribution in [2.45, 2.75) is 13.0 Å². The van der Waals surface area contributed by atoms with Gasteiger partial charge in [-0.2, -0.15) is 5.10 Å². The molecule has 1 aliphatic heterocycles. The maximum absolute atomic E-state index is 12.3. The Kier molecular flexibility index (Phi) is 9.36. The summed E-state index contributed by atoms with van der Waals surface area (Å²) in [6, 6.07) is 7.10. The first-order valence-corrected chi connectivity index (χ1v) is 12.5. The number of amides is 3. The van der Waals surface area contributed by atoms with Gasteiger partial charge >= 0.3 is 12.0 Å². The maximum Gasteiger partial charge on any atom is 0.337 e. The molecule has 0 spiro atoms. The first kappa shape index (κ1) is 27.5. The number of carbonyl (C=O) groups is 3. The summed E-state index contributed by atoms with van der Waals surface area (Å²) < 4.78 is 17.4. The fourth-order valence-corrected chi connectivity index (χ4v) is 5.23. The van der Waals surface area contributed by atoms with Crippen LogP contribution in [0, 0.1) is 7.14 Å². The smallest absolute Gasteiger partial charge is 0.337 e. The molecule has 36 heavy (non-hydrogen) atoms. The standard InChI is InChI=1S/C23H22I2N4O7/c1-11-19(22(32)35-3)20(28-23(33)27-11)12-4-5-16(17(7-12)34-2)36-10-18(30)29-26-9-13-6-14(24)8-15(25)21(13)31/h4-9,20,31H,10H2,1-3H3,(H,29,30)(H2,27,28,33)/b26-9-/t20-/m0/s1. The fourth-order valence-electron chi connectivity index (χ4n) is 3.34. The van der Waals surface area contributed by atoms with E-state index in [1.165, 1.54) is 20.4 Å². The van der Waals surface area contributed by atoms with Crippen molar-refractivity contribution < 1.29 is 33.7 Å². The Bertz CT molecular complexity index is 1260. The van der Waals surface area contributed by atoms with Crippen LogP contribution in [0.15, 0.2) is 46.7 Å². The van der Waals surface area contributed by atoms with Gasteiger partial charge in [-0.05, 0) is 81.9 Å². The lowest BCUT2D eigenvalue weighted by molar-refractivity contribution is -0.136. The number of hydrogen-bond acceptors (Lipinski definition) is 8. The summed E-state index contributed by atoms with van der Waals surface area (Å²) in [5.74, 6) is -0.493. The van der Waals surface area contributed by atoms with Gasteiger partial charge in [-0.1, -0.05) is 6.07 Å². The number of ether oxygens (including phenoxy) is 3. The molecule has 0 unspecified atom stereocenters. The Balaban J connectivity index is 1.70. The molecule has 0 aliphatic carbocycles.